The number of carbonyl (C=O) groups is 2. The van der Waals surface area contributed by atoms with Gasteiger partial charge in [0.2, 0.25) is 0 Å². The number of nitrogens with zero attached hydrogens (tertiary/aromatic N) is 2. The Morgan fingerprint density at radius 2 is 1.71 bits per heavy atom. The van der Waals surface area contributed by atoms with Crippen molar-refractivity contribution in [2.24, 2.45) is 0 Å². The van der Waals surface area contributed by atoms with Crippen molar-refractivity contribution in [1.29, 1.82) is 0 Å². The fourth-order valence-corrected chi connectivity index (χ4v) is 3.89. The molecule has 4 rings (SSSR count). The molecule has 0 bridgehead atoms. The van der Waals surface area contributed by atoms with E-state index in [2.05, 4.69) is 18.8 Å². The molecule has 5 heteroatoms. The van der Waals surface area contributed by atoms with Crippen molar-refractivity contribution >= 4 is 17.4 Å². The fraction of sp³-hybridized carbons (Fsp3) is 0.192. The predicted octanol–water partition coefficient (Wildman–Crippen LogP) is 4.83. The summed E-state index contributed by atoms with van der Waals surface area (Å²) in [7, 11) is 0. The molecule has 0 spiro atoms. The average Bonchev–Trinajstić information content (AvgIpc) is 3.05. The third-order valence-corrected chi connectivity index (χ3v) is 5.58. The van der Waals surface area contributed by atoms with Gasteiger partial charge in [-0.2, -0.15) is 0 Å². The fourth-order valence-electron chi connectivity index (χ4n) is 3.89. The second kappa shape index (κ2) is 8.56. The number of ketones is 1. The Labute approximate surface area is 181 Å². The Bertz CT molecular complexity index is 1120. The monoisotopic (exact) mass is 412 g/mol. The van der Waals surface area contributed by atoms with Gasteiger partial charge in [0, 0.05) is 24.5 Å². The molecule has 0 unspecified atom stereocenters. The molecule has 0 radical (unpaired) electrons. The van der Waals surface area contributed by atoms with Crippen molar-refractivity contribution in [3.05, 3.63) is 107 Å². The number of aliphatic hydroxyl groups excluding tert-OH is 1. The summed E-state index contributed by atoms with van der Waals surface area (Å²) in [5, 5.41) is 11.0. The summed E-state index contributed by atoms with van der Waals surface area (Å²) in [5.41, 5.74) is 3.37. The molecule has 2 aromatic carbocycles. The van der Waals surface area contributed by atoms with Gasteiger partial charge in [0.15, 0.2) is 0 Å². The lowest BCUT2D eigenvalue weighted by atomic mass is 9.93. The highest BCUT2D eigenvalue weighted by Gasteiger charge is 2.46. The molecule has 1 N–H and O–H groups in total. The molecule has 1 saturated heterocycles. The topological polar surface area (TPSA) is 70.5 Å². The summed E-state index contributed by atoms with van der Waals surface area (Å²) in [6, 6.07) is 19.7. The maximum absolute atomic E-state index is 13.1. The maximum Gasteiger partial charge on any atom is 0.295 e. The molecule has 3 aromatic rings. The first-order valence-electron chi connectivity index (χ1n) is 10.3. The van der Waals surface area contributed by atoms with E-state index < -0.39 is 17.7 Å². The molecule has 1 amide bonds. The minimum absolute atomic E-state index is 0.109. The van der Waals surface area contributed by atoms with Crippen LogP contribution in [0.4, 0.5) is 0 Å². The lowest BCUT2D eigenvalue weighted by Gasteiger charge is -2.25. The highest BCUT2D eigenvalue weighted by Crippen LogP contribution is 2.40. The summed E-state index contributed by atoms with van der Waals surface area (Å²) >= 11 is 0. The Kier molecular flexibility index (Phi) is 5.67. The molecular formula is C26H24N2O3. The summed E-state index contributed by atoms with van der Waals surface area (Å²) in [6.45, 7) is 4.44. The van der Waals surface area contributed by atoms with E-state index in [9.17, 15) is 14.7 Å². The molecule has 5 nitrogen and oxygen atoms in total. The van der Waals surface area contributed by atoms with E-state index in [0.29, 0.717) is 11.5 Å². The number of carbonyl (C=O) groups excluding carboxylic acids is 2. The van der Waals surface area contributed by atoms with Crippen molar-refractivity contribution in [3.63, 3.8) is 0 Å². The first kappa shape index (κ1) is 20.5. The number of hydrogen-bond acceptors (Lipinski definition) is 4. The highest BCUT2D eigenvalue weighted by atomic mass is 16.3. The Hall–Kier alpha value is -3.73. The number of amides is 1. The number of hydrogen-bond donors (Lipinski definition) is 1. The number of rotatable bonds is 5. The first-order valence-corrected chi connectivity index (χ1v) is 10.3. The number of aliphatic hydroxyl groups is 1. The van der Waals surface area contributed by atoms with Crippen LogP contribution in [-0.2, 0) is 16.1 Å². The summed E-state index contributed by atoms with van der Waals surface area (Å²) in [5.74, 6) is -1.10. The van der Waals surface area contributed by atoms with Gasteiger partial charge in [-0.05, 0) is 28.7 Å². The molecule has 1 aliphatic rings. The van der Waals surface area contributed by atoms with Crippen LogP contribution < -0.4 is 0 Å². The molecule has 1 aromatic heterocycles. The van der Waals surface area contributed by atoms with E-state index in [1.54, 1.807) is 42.7 Å². The standard InChI is InChI=1S/C26H24N2O3/c1-17(2)19-10-12-20(13-11-19)23-22(24(29)21-8-4-3-5-9-21)25(30)26(31)28(23)16-18-7-6-14-27-15-18/h3-15,17,23,29H,16H2,1-2H3/t23-/m1/s1. The van der Waals surface area contributed by atoms with Crippen LogP contribution in [-0.4, -0.2) is 26.7 Å². The quantitative estimate of drug-likeness (QED) is 0.370. The number of pyridine rings is 1. The van der Waals surface area contributed by atoms with Crippen LogP contribution in [0.2, 0.25) is 0 Å². The van der Waals surface area contributed by atoms with E-state index >= 15 is 0 Å². The molecule has 1 atom stereocenters. The van der Waals surface area contributed by atoms with Crippen LogP contribution >= 0.6 is 0 Å². The van der Waals surface area contributed by atoms with Gasteiger partial charge in [-0.15, -0.1) is 0 Å². The number of aromatic nitrogens is 1. The van der Waals surface area contributed by atoms with E-state index in [0.717, 1.165) is 16.7 Å². The third kappa shape index (κ3) is 3.99. The van der Waals surface area contributed by atoms with Crippen LogP contribution in [0, 0.1) is 0 Å². The van der Waals surface area contributed by atoms with E-state index in [1.807, 2.05) is 36.4 Å². The van der Waals surface area contributed by atoms with Gasteiger partial charge in [-0.3, -0.25) is 14.6 Å². The maximum atomic E-state index is 13.1. The molecule has 1 fully saturated rings. The zero-order valence-corrected chi connectivity index (χ0v) is 17.5. The van der Waals surface area contributed by atoms with Gasteiger partial charge < -0.3 is 10.0 Å². The summed E-state index contributed by atoms with van der Waals surface area (Å²) in [6.07, 6.45) is 3.34. The van der Waals surface area contributed by atoms with Crippen molar-refractivity contribution in [1.82, 2.24) is 9.88 Å². The van der Waals surface area contributed by atoms with Gasteiger partial charge in [0.05, 0.1) is 11.6 Å². The normalized spacial score (nSPS) is 18.0. The minimum Gasteiger partial charge on any atom is -0.507 e. The molecule has 0 saturated carbocycles. The average molecular weight is 412 g/mol. The van der Waals surface area contributed by atoms with Crippen LogP contribution in [0.3, 0.4) is 0 Å². The SMILES string of the molecule is CC(C)c1ccc([C@@H]2C(=C(O)c3ccccc3)C(=O)C(=O)N2Cc2cccnc2)cc1. The largest absolute Gasteiger partial charge is 0.507 e. The molecular weight excluding hydrogens is 388 g/mol. The third-order valence-electron chi connectivity index (χ3n) is 5.58. The van der Waals surface area contributed by atoms with Crippen LogP contribution in [0.15, 0.2) is 84.7 Å². The zero-order chi connectivity index (χ0) is 22.0. The number of benzene rings is 2. The summed E-state index contributed by atoms with van der Waals surface area (Å²) in [4.78, 5) is 31.7. The lowest BCUT2D eigenvalue weighted by Crippen LogP contribution is -2.29. The van der Waals surface area contributed by atoms with Crippen LogP contribution in [0.25, 0.3) is 5.76 Å². The molecule has 31 heavy (non-hydrogen) atoms. The minimum atomic E-state index is -0.679. The van der Waals surface area contributed by atoms with E-state index in [-0.39, 0.29) is 17.9 Å². The van der Waals surface area contributed by atoms with E-state index in [4.69, 9.17) is 0 Å². The Morgan fingerprint density at radius 1 is 1.00 bits per heavy atom. The van der Waals surface area contributed by atoms with Crippen LogP contribution in [0.5, 0.6) is 0 Å². The number of likely N-dealkylation sites (tertiary alicyclic amines) is 1. The second-order valence-electron chi connectivity index (χ2n) is 7.98. The molecule has 1 aliphatic heterocycles. The van der Waals surface area contributed by atoms with Gasteiger partial charge in [0.1, 0.15) is 5.76 Å². The highest BCUT2D eigenvalue weighted by molar-refractivity contribution is 6.46. The van der Waals surface area contributed by atoms with E-state index in [1.165, 1.54) is 4.90 Å². The predicted molar refractivity (Wildman–Crippen MR) is 119 cm³/mol. The van der Waals surface area contributed by atoms with Crippen molar-refractivity contribution < 1.29 is 14.7 Å². The zero-order valence-electron chi connectivity index (χ0n) is 17.5. The molecule has 156 valence electrons. The smallest absolute Gasteiger partial charge is 0.295 e. The van der Waals surface area contributed by atoms with Crippen molar-refractivity contribution in [3.8, 4) is 0 Å². The van der Waals surface area contributed by atoms with Gasteiger partial charge >= 0.3 is 0 Å². The molecule has 2 heterocycles. The van der Waals surface area contributed by atoms with Crippen LogP contribution in [0.1, 0.15) is 48.1 Å². The Balaban J connectivity index is 1.84. The number of Topliss-reactive ketones (excluding diaryl/α,β-unsaturated/α-hetero) is 1. The first-order chi connectivity index (χ1) is 15.0. The van der Waals surface area contributed by atoms with Gasteiger partial charge in [0.25, 0.3) is 11.7 Å². The van der Waals surface area contributed by atoms with Crippen molar-refractivity contribution in [2.75, 3.05) is 0 Å². The molecule has 0 aliphatic carbocycles. The Morgan fingerprint density at radius 3 is 2.32 bits per heavy atom. The van der Waals surface area contributed by atoms with Gasteiger partial charge in [-0.1, -0.05) is 74.5 Å². The van der Waals surface area contributed by atoms with Crippen molar-refractivity contribution in [2.45, 2.75) is 32.4 Å². The second-order valence-corrected chi connectivity index (χ2v) is 7.98. The van der Waals surface area contributed by atoms with Gasteiger partial charge in [-0.25, -0.2) is 0 Å². The lowest BCUT2D eigenvalue weighted by molar-refractivity contribution is -0.140. The summed E-state index contributed by atoms with van der Waals surface area (Å²) < 4.78 is 0.